The largest absolute Gasteiger partial charge is 0.373 e. The summed E-state index contributed by atoms with van der Waals surface area (Å²) in [6.07, 6.45) is 2.27. The van der Waals surface area contributed by atoms with Crippen molar-refractivity contribution in [2.75, 3.05) is 13.2 Å². The molecule has 0 atom stereocenters. The molecule has 2 aromatic rings. The van der Waals surface area contributed by atoms with Gasteiger partial charge >= 0.3 is 0 Å². The van der Waals surface area contributed by atoms with Crippen LogP contribution in [0.25, 0.3) is 0 Å². The Morgan fingerprint density at radius 2 is 1.15 bits per heavy atom. The molecule has 0 unspecified atom stereocenters. The van der Waals surface area contributed by atoms with Crippen molar-refractivity contribution in [2.24, 2.45) is 0 Å². The molecule has 0 radical (unpaired) electrons. The van der Waals surface area contributed by atoms with Crippen molar-refractivity contribution >= 4 is 8.07 Å². The van der Waals surface area contributed by atoms with Gasteiger partial charge in [-0.25, -0.2) is 0 Å². The number of hydrogen-bond donors (Lipinski definition) is 0. The van der Waals surface area contributed by atoms with Gasteiger partial charge in [-0.05, 0) is 52.0 Å². The highest BCUT2D eigenvalue weighted by molar-refractivity contribution is 6.89. The third-order valence-corrected chi connectivity index (χ3v) is 14.0. The Morgan fingerprint density at radius 3 is 1.53 bits per heavy atom. The van der Waals surface area contributed by atoms with Gasteiger partial charge in [0.1, 0.15) is 0 Å². The Labute approximate surface area is 206 Å². The maximum absolute atomic E-state index is 9.01. The molecule has 0 bridgehead atoms. The Balaban J connectivity index is 2.17. The first-order valence-electron chi connectivity index (χ1n) is 12.1. The number of benzene rings is 2. The van der Waals surface area contributed by atoms with Gasteiger partial charge in [-0.3, -0.25) is 0 Å². The van der Waals surface area contributed by atoms with Crippen LogP contribution in [0.15, 0.2) is 59.8 Å². The fourth-order valence-corrected chi connectivity index (χ4v) is 12.5. The Hall–Kier alpha value is -2.70. The molecule has 4 nitrogen and oxygen atoms in total. The van der Waals surface area contributed by atoms with E-state index in [1.165, 1.54) is 5.20 Å². The fraction of sp³-hybridized carbons (Fsp3) is 0.448. The molecule has 0 spiro atoms. The summed E-state index contributed by atoms with van der Waals surface area (Å²) in [6, 6.07) is 19.4. The van der Waals surface area contributed by atoms with Crippen LogP contribution in [0.2, 0.25) is 16.6 Å². The minimum absolute atomic E-state index is 0.515. The zero-order valence-corrected chi connectivity index (χ0v) is 22.5. The molecule has 2 aromatic carbocycles. The van der Waals surface area contributed by atoms with E-state index >= 15 is 0 Å². The minimum atomic E-state index is -1.87. The highest BCUT2D eigenvalue weighted by atomic mass is 28.3. The van der Waals surface area contributed by atoms with Crippen molar-refractivity contribution in [1.82, 2.24) is 0 Å². The maximum Gasteiger partial charge on any atom is 0.0991 e. The summed E-state index contributed by atoms with van der Waals surface area (Å²) in [6.45, 7) is 16.3. The van der Waals surface area contributed by atoms with E-state index in [1.54, 1.807) is 0 Å². The molecule has 0 N–H and O–H groups in total. The van der Waals surface area contributed by atoms with Gasteiger partial charge in [-0.2, -0.15) is 10.5 Å². The van der Waals surface area contributed by atoms with E-state index in [9.17, 15) is 0 Å². The highest BCUT2D eigenvalue weighted by Gasteiger charge is 2.45. The smallest absolute Gasteiger partial charge is 0.0991 e. The summed E-state index contributed by atoms with van der Waals surface area (Å²) in [7, 11) is -1.87. The number of ether oxygens (including phenoxy) is 2. The van der Waals surface area contributed by atoms with E-state index in [2.05, 4.69) is 59.8 Å². The number of nitriles is 2. The molecule has 180 valence electrons. The zero-order chi connectivity index (χ0) is 25.1. The van der Waals surface area contributed by atoms with Crippen molar-refractivity contribution in [1.29, 1.82) is 10.5 Å². The Bertz CT molecular complexity index is 988. The molecule has 0 saturated carbocycles. The van der Waals surface area contributed by atoms with Crippen LogP contribution in [0.1, 0.15) is 63.8 Å². The van der Waals surface area contributed by atoms with E-state index in [1.807, 2.05) is 48.5 Å². The molecule has 0 heterocycles. The zero-order valence-electron chi connectivity index (χ0n) is 21.5. The van der Waals surface area contributed by atoms with Crippen molar-refractivity contribution < 1.29 is 9.47 Å². The lowest BCUT2D eigenvalue weighted by molar-refractivity contribution is 0.137. The van der Waals surface area contributed by atoms with Gasteiger partial charge in [0.2, 0.25) is 0 Å². The highest BCUT2D eigenvalue weighted by Crippen LogP contribution is 2.46. The lowest BCUT2D eigenvalue weighted by Crippen LogP contribution is -2.48. The molecular formula is C29H38N2O2Si. The number of rotatable bonds is 12. The van der Waals surface area contributed by atoms with E-state index in [4.69, 9.17) is 20.0 Å². The summed E-state index contributed by atoms with van der Waals surface area (Å²) in [4.78, 5) is 0. The lowest BCUT2D eigenvalue weighted by atomic mass is 10.2. The summed E-state index contributed by atoms with van der Waals surface area (Å²) in [5.74, 6) is 0. The van der Waals surface area contributed by atoms with Gasteiger partial charge < -0.3 is 9.47 Å². The normalized spacial score (nSPS) is 12.3. The molecule has 0 amide bonds. The van der Waals surface area contributed by atoms with Crippen molar-refractivity contribution in [3.05, 3.63) is 82.1 Å². The molecule has 0 saturated heterocycles. The third-order valence-electron chi connectivity index (χ3n) is 6.83. The van der Waals surface area contributed by atoms with E-state index < -0.39 is 8.07 Å². The average molecular weight is 475 g/mol. The predicted octanol–water partition coefficient (Wildman–Crippen LogP) is 7.31. The third kappa shape index (κ3) is 6.90. The van der Waals surface area contributed by atoms with Crippen LogP contribution in [0.3, 0.4) is 0 Å². The molecule has 34 heavy (non-hydrogen) atoms. The van der Waals surface area contributed by atoms with Crippen molar-refractivity contribution in [3.8, 4) is 12.1 Å². The second-order valence-corrected chi connectivity index (χ2v) is 15.7. The first-order chi connectivity index (χ1) is 16.2. The quantitative estimate of drug-likeness (QED) is 0.239. The first-order valence-corrected chi connectivity index (χ1v) is 14.3. The maximum atomic E-state index is 9.01. The van der Waals surface area contributed by atoms with Crippen LogP contribution in [0, 0.1) is 22.7 Å². The van der Waals surface area contributed by atoms with Crippen LogP contribution >= 0.6 is 0 Å². The topological polar surface area (TPSA) is 66.0 Å². The summed E-state index contributed by atoms with van der Waals surface area (Å²) in [5, 5.41) is 19.4. The number of nitrogens with zero attached hydrogens (tertiary/aromatic N) is 2. The van der Waals surface area contributed by atoms with E-state index in [-0.39, 0.29) is 0 Å². The molecular weight excluding hydrogens is 436 g/mol. The summed E-state index contributed by atoms with van der Waals surface area (Å²) >= 11 is 0. The average Bonchev–Trinajstić information content (AvgIpc) is 2.82. The van der Waals surface area contributed by atoms with Gasteiger partial charge in [0.25, 0.3) is 0 Å². The fourth-order valence-electron chi connectivity index (χ4n) is 5.44. The molecule has 2 rings (SSSR count). The van der Waals surface area contributed by atoms with Crippen molar-refractivity contribution in [2.45, 2.75) is 71.4 Å². The SMILES string of the molecule is CC(C)[Si](/C(=C/COCc1ccc(C#N)cc1)COCc1ccc(C#N)cc1)(C(C)C)C(C)C. The molecule has 0 aliphatic carbocycles. The van der Waals surface area contributed by atoms with Crippen LogP contribution in [-0.2, 0) is 22.7 Å². The minimum Gasteiger partial charge on any atom is -0.373 e. The van der Waals surface area contributed by atoms with Gasteiger partial charge in [0, 0.05) is 0 Å². The second-order valence-electron chi connectivity index (χ2n) is 9.75. The van der Waals surface area contributed by atoms with E-state index in [0.29, 0.717) is 54.2 Å². The first kappa shape index (κ1) is 27.5. The Morgan fingerprint density at radius 1 is 0.735 bits per heavy atom. The summed E-state index contributed by atoms with van der Waals surface area (Å²) in [5.41, 5.74) is 5.19. The van der Waals surface area contributed by atoms with Crippen molar-refractivity contribution in [3.63, 3.8) is 0 Å². The van der Waals surface area contributed by atoms with Gasteiger partial charge in [-0.15, -0.1) is 0 Å². The van der Waals surface area contributed by atoms with Gasteiger partial charge in [-0.1, -0.05) is 77.1 Å². The molecule has 5 heteroatoms. The van der Waals surface area contributed by atoms with E-state index in [0.717, 1.165) is 11.1 Å². The molecule has 0 aromatic heterocycles. The monoisotopic (exact) mass is 474 g/mol. The Kier molecular flexibility index (Phi) is 10.7. The molecule has 0 fully saturated rings. The second kappa shape index (κ2) is 13.3. The molecule has 0 aliphatic heterocycles. The predicted molar refractivity (Wildman–Crippen MR) is 141 cm³/mol. The van der Waals surface area contributed by atoms with Gasteiger partial charge in [0.15, 0.2) is 0 Å². The molecule has 0 aliphatic rings. The number of hydrogen-bond acceptors (Lipinski definition) is 4. The summed E-state index contributed by atoms with van der Waals surface area (Å²) < 4.78 is 12.3. The van der Waals surface area contributed by atoms with Crippen LogP contribution < -0.4 is 0 Å². The standard InChI is InChI=1S/C29H38N2O2Si/c1-22(2)34(23(3)4,24(5)6)29(21-33-20-28-13-9-26(18-31)10-14-28)15-16-32-19-27-11-7-25(17-30)8-12-27/h7-15,22-24H,16,19-21H2,1-6H3/b29-15+. The van der Waals surface area contributed by atoms with Crippen LogP contribution in [0.4, 0.5) is 0 Å². The van der Waals surface area contributed by atoms with Gasteiger partial charge in [0.05, 0.1) is 57.8 Å². The lowest BCUT2D eigenvalue weighted by Gasteiger charge is -2.45. The van der Waals surface area contributed by atoms with Crippen LogP contribution in [0.5, 0.6) is 0 Å². The van der Waals surface area contributed by atoms with Crippen LogP contribution in [-0.4, -0.2) is 21.3 Å².